The summed E-state index contributed by atoms with van der Waals surface area (Å²) in [5.74, 6) is -3.77. The predicted molar refractivity (Wildman–Crippen MR) is 137 cm³/mol. The molecular weight excluding hydrogens is 525 g/mol. The normalized spacial score (nSPS) is 11.5. The number of hydrogen-bond donors (Lipinski definition) is 3. The van der Waals surface area contributed by atoms with Crippen molar-refractivity contribution in [2.45, 2.75) is 19.9 Å². The van der Waals surface area contributed by atoms with Crippen LogP contribution in [0.15, 0.2) is 42.5 Å². The molecule has 37 heavy (non-hydrogen) atoms. The molecule has 0 saturated carbocycles. The Morgan fingerprint density at radius 2 is 1.86 bits per heavy atom. The number of rotatable bonds is 9. The maximum absolute atomic E-state index is 13.9. The number of aromatic nitrogens is 1. The third kappa shape index (κ3) is 6.22. The van der Waals surface area contributed by atoms with Gasteiger partial charge in [-0.3, -0.25) is 24.1 Å². The van der Waals surface area contributed by atoms with Crippen molar-refractivity contribution in [3.8, 4) is 0 Å². The molecule has 5 N–H and O–H groups in total. The molecule has 10 nitrogen and oxygen atoms in total. The Balaban J connectivity index is 2.18. The number of nitrogens with one attached hydrogen (secondary N) is 1. The van der Waals surface area contributed by atoms with Crippen molar-refractivity contribution in [2.24, 2.45) is 5.73 Å². The number of ether oxygens (including phenoxy) is 1. The van der Waals surface area contributed by atoms with Crippen molar-refractivity contribution in [1.82, 2.24) is 9.69 Å². The lowest BCUT2D eigenvalue weighted by Crippen LogP contribution is -2.45. The number of nitrogens with zero attached hydrogens (tertiary/aromatic N) is 2. The van der Waals surface area contributed by atoms with Crippen LogP contribution in [0.5, 0.6) is 0 Å². The molecule has 0 aliphatic carbocycles. The summed E-state index contributed by atoms with van der Waals surface area (Å²) in [6.45, 7) is 3.00. The van der Waals surface area contributed by atoms with Gasteiger partial charge in [0.05, 0.1) is 12.3 Å². The van der Waals surface area contributed by atoms with Gasteiger partial charge < -0.3 is 21.5 Å². The second-order valence-electron chi connectivity index (χ2n) is 7.72. The molecule has 3 amide bonds. The summed E-state index contributed by atoms with van der Waals surface area (Å²) in [4.78, 5) is 51.9. The average Bonchev–Trinajstić information content (AvgIpc) is 3.25. The van der Waals surface area contributed by atoms with Gasteiger partial charge in [-0.1, -0.05) is 29.8 Å². The zero-order valence-electron chi connectivity index (χ0n) is 19.8. The van der Waals surface area contributed by atoms with Crippen molar-refractivity contribution >= 4 is 58.2 Å². The van der Waals surface area contributed by atoms with Crippen LogP contribution in [-0.4, -0.2) is 41.2 Å². The lowest BCUT2D eigenvalue weighted by molar-refractivity contribution is -0.143. The summed E-state index contributed by atoms with van der Waals surface area (Å²) >= 11 is 6.96. The Morgan fingerprint density at radius 1 is 1.19 bits per heavy atom. The number of aryl methyl sites for hydroxylation is 1. The van der Waals surface area contributed by atoms with E-state index in [-0.39, 0.29) is 34.1 Å². The van der Waals surface area contributed by atoms with E-state index < -0.39 is 42.1 Å². The zero-order valence-corrected chi connectivity index (χ0v) is 21.4. The van der Waals surface area contributed by atoms with Gasteiger partial charge in [0.25, 0.3) is 11.8 Å². The minimum absolute atomic E-state index is 0.107. The van der Waals surface area contributed by atoms with Gasteiger partial charge in [-0.15, -0.1) is 0 Å². The maximum atomic E-state index is 13.9. The molecule has 0 fully saturated rings. The predicted octanol–water partition coefficient (Wildman–Crippen LogP) is 2.99. The number of primary amides is 1. The lowest BCUT2D eigenvalue weighted by atomic mass is 10.0. The topological polar surface area (TPSA) is 158 Å². The molecular formula is C24H23ClFN5O5S. The Hall–Kier alpha value is -4.03. The number of carbonyl (C=O) groups excluding carboxylic acids is 4. The molecule has 0 aliphatic rings. The third-order valence-corrected chi connectivity index (χ3v) is 6.47. The van der Waals surface area contributed by atoms with Crippen LogP contribution in [0.2, 0.25) is 5.02 Å². The highest BCUT2D eigenvalue weighted by atomic mass is 35.5. The van der Waals surface area contributed by atoms with E-state index in [0.29, 0.717) is 22.1 Å². The van der Waals surface area contributed by atoms with Crippen LogP contribution in [0, 0.1) is 12.7 Å². The number of hydrogen-bond acceptors (Lipinski definition) is 8. The fourth-order valence-corrected chi connectivity index (χ4v) is 4.30. The number of benzene rings is 2. The van der Waals surface area contributed by atoms with Gasteiger partial charge in [0, 0.05) is 10.7 Å². The van der Waals surface area contributed by atoms with Gasteiger partial charge in [0.2, 0.25) is 5.91 Å². The molecule has 0 aliphatic heterocycles. The van der Waals surface area contributed by atoms with E-state index in [1.807, 2.05) is 0 Å². The molecule has 2 aromatic carbocycles. The number of anilines is 2. The standard InChI is InChI=1S/C24H23ClFN5O5S/c1-3-36-17(32)11-29-23(34)20(13-5-7-14(26)8-6-13)31(15-9-4-12(2)16(25)10-15)24(35)21-18(27)19(22(28)33)30-37-21/h4-10,20H,3,11,27H2,1-2H3,(H2,28,33)(H,29,34)/t20-/m0/s1. The van der Waals surface area contributed by atoms with E-state index in [1.54, 1.807) is 26.0 Å². The van der Waals surface area contributed by atoms with Gasteiger partial charge in [-0.05, 0) is 60.8 Å². The molecule has 194 valence electrons. The van der Waals surface area contributed by atoms with E-state index in [4.69, 9.17) is 27.8 Å². The summed E-state index contributed by atoms with van der Waals surface area (Å²) in [5.41, 5.74) is 11.9. The first-order valence-corrected chi connectivity index (χ1v) is 12.0. The van der Waals surface area contributed by atoms with Crippen molar-refractivity contribution < 1.29 is 28.3 Å². The van der Waals surface area contributed by atoms with E-state index >= 15 is 0 Å². The van der Waals surface area contributed by atoms with E-state index in [2.05, 4.69) is 9.69 Å². The van der Waals surface area contributed by atoms with Crippen molar-refractivity contribution in [2.75, 3.05) is 23.8 Å². The second-order valence-corrected chi connectivity index (χ2v) is 8.90. The first kappa shape index (κ1) is 27.6. The Labute approximate surface area is 220 Å². The van der Waals surface area contributed by atoms with Crippen molar-refractivity contribution in [3.63, 3.8) is 0 Å². The van der Waals surface area contributed by atoms with E-state index in [0.717, 1.165) is 17.0 Å². The summed E-state index contributed by atoms with van der Waals surface area (Å²) < 4.78 is 22.5. The zero-order chi connectivity index (χ0) is 27.3. The van der Waals surface area contributed by atoms with Crippen LogP contribution >= 0.6 is 23.1 Å². The van der Waals surface area contributed by atoms with Gasteiger partial charge in [0.15, 0.2) is 5.69 Å². The van der Waals surface area contributed by atoms with Crippen LogP contribution < -0.4 is 21.7 Å². The molecule has 0 bridgehead atoms. The van der Waals surface area contributed by atoms with Gasteiger partial charge in [-0.25, -0.2) is 4.39 Å². The molecule has 3 aromatic rings. The molecule has 0 spiro atoms. The molecule has 1 aromatic heterocycles. The number of nitrogens with two attached hydrogens (primary N) is 2. The van der Waals surface area contributed by atoms with Crippen LogP contribution in [0.4, 0.5) is 15.8 Å². The first-order valence-electron chi connectivity index (χ1n) is 10.9. The van der Waals surface area contributed by atoms with E-state index in [9.17, 15) is 23.6 Å². The number of carbonyl (C=O) groups is 4. The fourth-order valence-electron chi connectivity index (χ4n) is 3.38. The Bertz CT molecular complexity index is 1350. The van der Waals surface area contributed by atoms with Crippen LogP contribution in [0.3, 0.4) is 0 Å². The molecule has 13 heteroatoms. The van der Waals surface area contributed by atoms with Gasteiger partial charge in [0.1, 0.15) is 23.3 Å². The van der Waals surface area contributed by atoms with E-state index in [1.165, 1.54) is 18.2 Å². The highest BCUT2D eigenvalue weighted by Crippen LogP contribution is 2.35. The molecule has 0 unspecified atom stereocenters. The van der Waals surface area contributed by atoms with Gasteiger partial charge >= 0.3 is 5.97 Å². The first-order chi connectivity index (χ1) is 17.5. The lowest BCUT2D eigenvalue weighted by Gasteiger charge is -2.31. The van der Waals surface area contributed by atoms with Crippen LogP contribution in [0.1, 0.15) is 44.3 Å². The highest BCUT2D eigenvalue weighted by Gasteiger charge is 2.36. The van der Waals surface area contributed by atoms with Crippen LogP contribution in [-0.2, 0) is 14.3 Å². The number of esters is 1. The summed E-state index contributed by atoms with van der Waals surface area (Å²) in [6, 6.07) is 8.14. The fraction of sp³-hybridized carbons (Fsp3) is 0.208. The number of amides is 3. The van der Waals surface area contributed by atoms with Crippen LogP contribution in [0.25, 0.3) is 0 Å². The third-order valence-electron chi connectivity index (χ3n) is 5.21. The largest absolute Gasteiger partial charge is 0.465 e. The Morgan fingerprint density at radius 3 is 2.43 bits per heavy atom. The molecule has 1 atom stereocenters. The van der Waals surface area contributed by atoms with Gasteiger partial charge in [-0.2, -0.15) is 4.37 Å². The summed E-state index contributed by atoms with van der Waals surface area (Å²) in [6.07, 6.45) is 0. The number of nitrogen functional groups attached to an aromatic ring is 1. The minimum atomic E-state index is -1.42. The smallest absolute Gasteiger partial charge is 0.325 e. The molecule has 3 rings (SSSR count). The SMILES string of the molecule is CCOC(=O)CNC(=O)[C@H](c1ccc(F)cc1)N(C(=O)c1snc(C(N)=O)c1N)c1ccc(C)c(Cl)c1. The summed E-state index contributed by atoms with van der Waals surface area (Å²) in [5, 5.41) is 2.75. The van der Waals surface area contributed by atoms with Crippen molar-refractivity contribution in [1.29, 1.82) is 0 Å². The summed E-state index contributed by atoms with van der Waals surface area (Å²) in [7, 11) is 0. The molecule has 1 heterocycles. The molecule has 0 saturated heterocycles. The quantitative estimate of drug-likeness (QED) is 0.347. The monoisotopic (exact) mass is 547 g/mol. The minimum Gasteiger partial charge on any atom is -0.465 e. The second kappa shape index (κ2) is 11.8. The maximum Gasteiger partial charge on any atom is 0.325 e. The number of halogens is 2. The highest BCUT2D eigenvalue weighted by molar-refractivity contribution is 7.09. The molecule has 0 radical (unpaired) electrons. The van der Waals surface area contributed by atoms with Crippen molar-refractivity contribution in [3.05, 3.63) is 75.0 Å². The average molecular weight is 548 g/mol. The Kier molecular flexibility index (Phi) is 8.79.